The molecule has 0 bridgehead atoms. The zero-order valence-electron chi connectivity index (χ0n) is 20.2. The molecule has 2 saturated heterocycles. The number of piperazine rings is 1. The highest BCUT2D eigenvalue weighted by Gasteiger charge is 2.53. The van der Waals surface area contributed by atoms with Crippen LogP contribution in [0.4, 0.5) is 17.6 Å². The van der Waals surface area contributed by atoms with E-state index in [9.17, 15) is 4.79 Å². The van der Waals surface area contributed by atoms with E-state index in [1.165, 1.54) is 18.5 Å². The minimum absolute atomic E-state index is 0.287. The summed E-state index contributed by atoms with van der Waals surface area (Å²) in [5.41, 5.74) is 1.57. The Hall–Kier alpha value is -2.72. The van der Waals surface area contributed by atoms with Gasteiger partial charge in [-0.3, -0.25) is 14.8 Å². The summed E-state index contributed by atoms with van der Waals surface area (Å²) < 4.78 is 0. The number of anilines is 3. The van der Waals surface area contributed by atoms with Crippen molar-refractivity contribution in [1.29, 1.82) is 0 Å². The zero-order chi connectivity index (χ0) is 23.3. The van der Waals surface area contributed by atoms with Crippen LogP contribution in [0.5, 0.6) is 0 Å². The summed E-state index contributed by atoms with van der Waals surface area (Å²) in [6.45, 7) is 6.30. The number of carbonyl (C=O) groups is 1. The van der Waals surface area contributed by atoms with Crippen LogP contribution in [0, 0.1) is 5.41 Å². The molecule has 0 radical (unpaired) electrons. The fourth-order valence-electron chi connectivity index (χ4n) is 5.72. The molecule has 2 aliphatic carbocycles. The van der Waals surface area contributed by atoms with Gasteiger partial charge in [-0.15, -0.1) is 0 Å². The molecule has 0 atom stereocenters. The lowest BCUT2D eigenvalue weighted by atomic mass is 9.60. The van der Waals surface area contributed by atoms with Gasteiger partial charge >= 0.3 is 0 Å². The number of hydrogen-bond acceptors (Lipinski definition) is 8. The molecule has 182 valence electrons. The number of aromatic amines is 1. The number of likely N-dealkylation sites (tertiary alicyclic amines) is 1. The second-order valence-electron chi connectivity index (χ2n) is 10.9. The number of amides is 1. The zero-order valence-corrected chi connectivity index (χ0v) is 20.2. The molecule has 2 N–H and O–H groups in total. The van der Waals surface area contributed by atoms with Crippen molar-refractivity contribution in [1.82, 2.24) is 34.9 Å². The van der Waals surface area contributed by atoms with E-state index in [2.05, 4.69) is 55.4 Å². The Morgan fingerprint density at radius 1 is 1.21 bits per heavy atom. The predicted octanol–water partition coefficient (Wildman–Crippen LogP) is 1.50. The molecule has 34 heavy (non-hydrogen) atoms. The average Bonchev–Trinajstić information content (AvgIpc) is 3.53. The van der Waals surface area contributed by atoms with E-state index in [-0.39, 0.29) is 5.91 Å². The second-order valence-corrected chi connectivity index (χ2v) is 10.9. The van der Waals surface area contributed by atoms with Crippen molar-refractivity contribution in [2.45, 2.75) is 37.6 Å². The average molecular weight is 466 g/mol. The molecular weight excluding hydrogens is 430 g/mol. The molecule has 2 aliphatic heterocycles. The first-order chi connectivity index (χ1) is 16.5. The first-order valence-corrected chi connectivity index (χ1v) is 12.5. The number of carbonyl (C=O) groups excluding carboxylic acids is 1. The summed E-state index contributed by atoms with van der Waals surface area (Å²) in [6, 6.07) is 4.40. The predicted molar refractivity (Wildman–Crippen MR) is 130 cm³/mol. The molecule has 4 aliphatic rings. The van der Waals surface area contributed by atoms with E-state index in [0.717, 1.165) is 69.7 Å². The third kappa shape index (κ3) is 4.36. The lowest BCUT2D eigenvalue weighted by Crippen LogP contribution is -2.67. The van der Waals surface area contributed by atoms with E-state index in [1.54, 1.807) is 6.20 Å². The fraction of sp³-hybridized carbons (Fsp3) is 0.667. The molecule has 1 spiro atoms. The molecule has 2 saturated carbocycles. The van der Waals surface area contributed by atoms with Crippen molar-refractivity contribution in [3.05, 3.63) is 24.0 Å². The first kappa shape index (κ1) is 21.8. The van der Waals surface area contributed by atoms with Crippen LogP contribution in [-0.2, 0) is 4.79 Å². The number of aromatic nitrogens is 4. The third-order valence-corrected chi connectivity index (χ3v) is 8.05. The van der Waals surface area contributed by atoms with E-state index in [0.29, 0.717) is 23.9 Å². The monoisotopic (exact) mass is 465 g/mol. The lowest BCUT2D eigenvalue weighted by Gasteiger charge is -2.60. The fourth-order valence-corrected chi connectivity index (χ4v) is 5.72. The highest BCUT2D eigenvalue weighted by Crippen LogP contribution is 2.50. The third-order valence-electron chi connectivity index (χ3n) is 8.05. The Morgan fingerprint density at radius 2 is 1.97 bits per heavy atom. The van der Waals surface area contributed by atoms with Crippen molar-refractivity contribution < 1.29 is 4.79 Å². The molecule has 2 aromatic rings. The Balaban J connectivity index is 0.978. The first-order valence-electron chi connectivity index (χ1n) is 12.5. The van der Waals surface area contributed by atoms with Gasteiger partial charge in [0.2, 0.25) is 11.9 Å². The normalized spacial score (nSPS) is 22.9. The summed E-state index contributed by atoms with van der Waals surface area (Å²) in [7, 11) is 4.20. The second kappa shape index (κ2) is 8.49. The summed E-state index contributed by atoms with van der Waals surface area (Å²) in [5, 5.41) is 10.8. The Morgan fingerprint density at radius 3 is 2.71 bits per heavy atom. The Bertz CT molecular complexity index is 1030. The minimum atomic E-state index is 0.287. The van der Waals surface area contributed by atoms with Gasteiger partial charge in [-0.25, -0.2) is 4.98 Å². The van der Waals surface area contributed by atoms with Crippen LogP contribution in [0.25, 0.3) is 0 Å². The number of nitrogens with zero attached hydrogens (tertiary/aromatic N) is 7. The van der Waals surface area contributed by atoms with Crippen molar-refractivity contribution in [2.24, 2.45) is 5.41 Å². The van der Waals surface area contributed by atoms with Crippen LogP contribution in [0.1, 0.15) is 37.3 Å². The van der Waals surface area contributed by atoms with Gasteiger partial charge < -0.3 is 20.0 Å². The largest absolute Gasteiger partial charge is 0.341 e. The molecular formula is C24H35N9O. The minimum Gasteiger partial charge on any atom is -0.341 e. The van der Waals surface area contributed by atoms with Crippen molar-refractivity contribution in [2.75, 3.05) is 70.1 Å². The summed E-state index contributed by atoms with van der Waals surface area (Å²) in [5.74, 6) is 3.24. The molecule has 4 fully saturated rings. The van der Waals surface area contributed by atoms with E-state index in [1.807, 2.05) is 11.0 Å². The van der Waals surface area contributed by atoms with Crippen LogP contribution in [0.15, 0.2) is 18.3 Å². The van der Waals surface area contributed by atoms with Crippen molar-refractivity contribution in [3.8, 4) is 0 Å². The van der Waals surface area contributed by atoms with Crippen LogP contribution in [0.2, 0.25) is 0 Å². The Labute approximate surface area is 200 Å². The molecule has 6 rings (SSSR count). The maximum Gasteiger partial charge on any atom is 0.236 e. The van der Waals surface area contributed by atoms with Crippen LogP contribution in [-0.4, -0.2) is 107 Å². The van der Waals surface area contributed by atoms with Gasteiger partial charge in [0.05, 0.1) is 6.54 Å². The standard InChI is InChI=1S/C24H35N9O/c1-30-7-9-33(10-8-30)22(34)14-32-15-24(16-32)12-18(13-24)31(2)23-25-6-5-20(27-23)26-21-11-19(28-29-21)17-3-4-17/h5-6,11,17-18H,3-4,7-10,12-16H2,1-2H3,(H2,25,26,27,28,29). The van der Waals surface area contributed by atoms with Gasteiger partial charge in [0.1, 0.15) is 5.82 Å². The van der Waals surface area contributed by atoms with E-state index < -0.39 is 0 Å². The quantitative estimate of drug-likeness (QED) is 0.635. The van der Waals surface area contributed by atoms with Gasteiger partial charge in [0.25, 0.3) is 0 Å². The number of nitrogens with one attached hydrogen (secondary N) is 2. The highest BCUT2D eigenvalue weighted by atomic mass is 16.2. The summed E-state index contributed by atoms with van der Waals surface area (Å²) in [6.07, 6.45) is 6.56. The lowest BCUT2D eigenvalue weighted by molar-refractivity contribution is -0.140. The van der Waals surface area contributed by atoms with Gasteiger partial charge in [0, 0.05) is 76.2 Å². The van der Waals surface area contributed by atoms with Crippen LogP contribution in [0.3, 0.4) is 0 Å². The van der Waals surface area contributed by atoms with E-state index >= 15 is 0 Å². The molecule has 4 heterocycles. The summed E-state index contributed by atoms with van der Waals surface area (Å²) >= 11 is 0. The van der Waals surface area contributed by atoms with Gasteiger partial charge in [-0.2, -0.15) is 10.1 Å². The molecule has 0 aromatic carbocycles. The van der Waals surface area contributed by atoms with Gasteiger partial charge in [0.15, 0.2) is 5.82 Å². The number of H-pyrrole nitrogens is 1. The molecule has 2 aromatic heterocycles. The molecule has 1 amide bonds. The maximum absolute atomic E-state index is 12.6. The number of hydrogen-bond donors (Lipinski definition) is 2. The van der Waals surface area contributed by atoms with Gasteiger partial charge in [-0.1, -0.05) is 0 Å². The smallest absolute Gasteiger partial charge is 0.236 e. The Kier molecular flexibility index (Phi) is 5.44. The van der Waals surface area contributed by atoms with E-state index in [4.69, 9.17) is 4.98 Å². The highest BCUT2D eigenvalue weighted by molar-refractivity contribution is 5.78. The summed E-state index contributed by atoms with van der Waals surface area (Å²) in [4.78, 5) is 30.7. The molecule has 0 unspecified atom stereocenters. The van der Waals surface area contributed by atoms with Gasteiger partial charge in [-0.05, 0) is 44.2 Å². The van der Waals surface area contributed by atoms with Crippen molar-refractivity contribution >= 4 is 23.5 Å². The maximum atomic E-state index is 12.6. The molecule has 10 heteroatoms. The SMILES string of the molecule is CN1CCN(C(=O)CN2CC3(CC(N(C)c4nccc(Nc5cc(C6CC6)[nH]n5)n4)C3)C2)CC1. The number of rotatable bonds is 7. The van der Waals surface area contributed by atoms with Crippen LogP contribution < -0.4 is 10.2 Å². The van der Waals surface area contributed by atoms with Crippen LogP contribution >= 0.6 is 0 Å². The number of likely N-dealkylation sites (N-methyl/N-ethyl adjacent to an activating group) is 1. The molecule has 10 nitrogen and oxygen atoms in total. The van der Waals surface area contributed by atoms with Crippen molar-refractivity contribution in [3.63, 3.8) is 0 Å². The topological polar surface area (TPSA) is 96.5 Å².